The van der Waals surface area contributed by atoms with Crippen LogP contribution in [0.5, 0.6) is 0 Å². The number of para-hydroxylation sites is 1. The molecular formula is C17H15ClN2O2. The molecule has 0 aliphatic carbocycles. The lowest BCUT2D eigenvalue weighted by Gasteiger charge is -2.06. The van der Waals surface area contributed by atoms with E-state index in [1.54, 1.807) is 13.0 Å². The molecule has 5 heteroatoms. The highest BCUT2D eigenvalue weighted by molar-refractivity contribution is 6.31. The van der Waals surface area contributed by atoms with Gasteiger partial charge in [0, 0.05) is 18.4 Å². The normalized spacial score (nSPS) is 10.8. The van der Waals surface area contributed by atoms with E-state index in [-0.39, 0.29) is 5.91 Å². The number of aromatic nitrogens is 1. The number of nitrogens with one attached hydrogen (secondary N) is 1. The number of hydrogen-bond acceptors (Lipinski definition) is 3. The number of carbonyl (C=O) groups is 1. The summed E-state index contributed by atoms with van der Waals surface area (Å²) >= 11 is 6.09. The van der Waals surface area contributed by atoms with E-state index in [1.165, 1.54) is 0 Å². The zero-order chi connectivity index (χ0) is 15.5. The second kappa shape index (κ2) is 6.20. The maximum absolute atomic E-state index is 12.1. The lowest BCUT2D eigenvalue weighted by atomic mass is 10.1. The third kappa shape index (κ3) is 3.12. The van der Waals surface area contributed by atoms with Crippen LogP contribution in [0.1, 0.15) is 17.9 Å². The van der Waals surface area contributed by atoms with Crippen LogP contribution in [0.15, 0.2) is 46.9 Å². The van der Waals surface area contributed by atoms with Gasteiger partial charge in [-0.05, 0) is 30.2 Å². The number of nitrogens with zero attached hydrogens (tertiary/aromatic N) is 1. The van der Waals surface area contributed by atoms with Crippen LogP contribution < -0.4 is 5.32 Å². The predicted octanol–water partition coefficient (Wildman–Crippen LogP) is 4.36. The van der Waals surface area contributed by atoms with Gasteiger partial charge in [0.25, 0.3) is 0 Å². The SMILES string of the molecule is Cc1nc2cccc(NC(=O)CCc3ccccc3Cl)c2o1. The zero-order valence-corrected chi connectivity index (χ0v) is 12.9. The third-order valence-electron chi connectivity index (χ3n) is 3.38. The molecule has 1 heterocycles. The Bertz CT molecular complexity index is 826. The fraction of sp³-hybridized carbons (Fsp3) is 0.176. The van der Waals surface area contributed by atoms with E-state index in [1.807, 2.05) is 36.4 Å². The van der Waals surface area contributed by atoms with Crippen molar-refractivity contribution in [2.45, 2.75) is 19.8 Å². The van der Waals surface area contributed by atoms with Crippen LogP contribution in [0.2, 0.25) is 5.02 Å². The van der Waals surface area contributed by atoms with Gasteiger partial charge in [0.05, 0.1) is 5.69 Å². The Kier molecular flexibility index (Phi) is 4.11. The van der Waals surface area contributed by atoms with Gasteiger partial charge in [-0.15, -0.1) is 0 Å². The smallest absolute Gasteiger partial charge is 0.224 e. The van der Waals surface area contributed by atoms with E-state index in [9.17, 15) is 4.79 Å². The molecule has 0 saturated carbocycles. The Morgan fingerprint density at radius 3 is 2.86 bits per heavy atom. The largest absolute Gasteiger partial charge is 0.439 e. The summed E-state index contributed by atoms with van der Waals surface area (Å²) in [5.41, 5.74) is 2.95. The Hall–Kier alpha value is -2.33. The van der Waals surface area contributed by atoms with Crippen molar-refractivity contribution in [3.63, 3.8) is 0 Å². The topological polar surface area (TPSA) is 55.1 Å². The average Bonchev–Trinajstić information content (AvgIpc) is 2.88. The van der Waals surface area contributed by atoms with Gasteiger partial charge in [0.1, 0.15) is 5.52 Å². The van der Waals surface area contributed by atoms with Crippen LogP contribution >= 0.6 is 11.6 Å². The number of oxazole rings is 1. The van der Waals surface area contributed by atoms with Crippen molar-refractivity contribution in [2.24, 2.45) is 0 Å². The molecule has 3 aromatic rings. The first kappa shape index (κ1) is 14.6. The van der Waals surface area contributed by atoms with E-state index in [0.717, 1.165) is 11.1 Å². The number of anilines is 1. The lowest BCUT2D eigenvalue weighted by Crippen LogP contribution is -2.12. The molecule has 0 radical (unpaired) electrons. The third-order valence-corrected chi connectivity index (χ3v) is 3.74. The van der Waals surface area contributed by atoms with Crippen LogP contribution in [0, 0.1) is 6.92 Å². The van der Waals surface area contributed by atoms with Crippen molar-refractivity contribution in [2.75, 3.05) is 5.32 Å². The van der Waals surface area contributed by atoms with Crippen molar-refractivity contribution >= 4 is 34.3 Å². The predicted molar refractivity (Wildman–Crippen MR) is 87.1 cm³/mol. The lowest BCUT2D eigenvalue weighted by molar-refractivity contribution is -0.116. The summed E-state index contributed by atoms with van der Waals surface area (Å²) in [5, 5.41) is 3.56. The highest BCUT2D eigenvalue weighted by Crippen LogP contribution is 2.24. The first-order valence-electron chi connectivity index (χ1n) is 7.03. The van der Waals surface area contributed by atoms with E-state index in [4.69, 9.17) is 16.0 Å². The van der Waals surface area contributed by atoms with Gasteiger partial charge in [-0.1, -0.05) is 35.9 Å². The highest BCUT2D eigenvalue weighted by atomic mass is 35.5. The number of hydrogen-bond donors (Lipinski definition) is 1. The number of rotatable bonds is 4. The number of aryl methyl sites for hydroxylation is 2. The molecule has 112 valence electrons. The van der Waals surface area contributed by atoms with E-state index in [0.29, 0.717) is 35.0 Å². The Balaban J connectivity index is 1.70. The van der Waals surface area contributed by atoms with Crippen LogP contribution in [-0.2, 0) is 11.2 Å². The van der Waals surface area contributed by atoms with Crippen molar-refractivity contribution in [3.05, 3.63) is 58.9 Å². The molecule has 0 unspecified atom stereocenters. The van der Waals surface area contributed by atoms with Gasteiger partial charge in [-0.3, -0.25) is 4.79 Å². The number of benzene rings is 2. The molecule has 1 amide bonds. The van der Waals surface area contributed by atoms with E-state index in [2.05, 4.69) is 10.3 Å². The first-order chi connectivity index (χ1) is 10.6. The van der Waals surface area contributed by atoms with Gasteiger partial charge in [0.2, 0.25) is 5.91 Å². The molecule has 0 saturated heterocycles. The van der Waals surface area contributed by atoms with Crippen molar-refractivity contribution in [1.82, 2.24) is 4.98 Å². The van der Waals surface area contributed by atoms with Gasteiger partial charge in [0.15, 0.2) is 11.5 Å². The van der Waals surface area contributed by atoms with Crippen molar-refractivity contribution < 1.29 is 9.21 Å². The molecule has 0 atom stereocenters. The fourth-order valence-electron chi connectivity index (χ4n) is 2.32. The molecule has 2 aromatic carbocycles. The monoisotopic (exact) mass is 314 g/mol. The average molecular weight is 315 g/mol. The molecule has 1 aromatic heterocycles. The van der Waals surface area contributed by atoms with Crippen LogP contribution in [0.3, 0.4) is 0 Å². The van der Waals surface area contributed by atoms with Crippen LogP contribution in [0.4, 0.5) is 5.69 Å². The zero-order valence-electron chi connectivity index (χ0n) is 12.1. The molecule has 3 rings (SSSR count). The minimum atomic E-state index is -0.0820. The number of halogens is 1. The van der Waals surface area contributed by atoms with E-state index >= 15 is 0 Å². The van der Waals surface area contributed by atoms with Gasteiger partial charge in [-0.2, -0.15) is 0 Å². The Morgan fingerprint density at radius 2 is 2.05 bits per heavy atom. The van der Waals surface area contributed by atoms with Crippen LogP contribution in [-0.4, -0.2) is 10.9 Å². The second-order valence-corrected chi connectivity index (χ2v) is 5.43. The highest BCUT2D eigenvalue weighted by Gasteiger charge is 2.11. The minimum absolute atomic E-state index is 0.0820. The molecular weight excluding hydrogens is 300 g/mol. The standard InChI is InChI=1S/C17H15ClN2O2/c1-11-19-14-7-4-8-15(17(14)22-11)20-16(21)10-9-12-5-2-3-6-13(12)18/h2-8H,9-10H2,1H3,(H,20,21). The maximum Gasteiger partial charge on any atom is 0.224 e. The number of amides is 1. The van der Waals surface area contributed by atoms with Crippen LogP contribution in [0.25, 0.3) is 11.1 Å². The summed E-state index contributed by atoms with van der Waals surface area (Å²) in [5.74, 6) is 0.495. The summed E-state index contributed by atoms with van der Waals surface area (Å²) in [6, 6.07) is 13.0. The van der Waals surface area contributed by atoms with Gasteiger partial charge in [-0.25, -0.2) is 4.98 Å². The molecule has 1 N–H and O–H groups in total. The van der Waals surface area contributed by atoms with Crippen molar-refractivity contribution in [3.8, 4) is 0 Å². The molecule has 0 bridgehead atoms. The quantitative estimate of drug-likeness (QED) is 0.778. The van der Waals surface area contributed by atoms with E-state index < -0.39 is 0 Å². The Morgan fingerprint density at radius 1 is 1.23 bits per heavy atom. The minimum Gasteiger partial charge on any atom is -0.439 e. The fourth-order valence-corrected chi connectivity index (χ4v) is 2.55. The first-order valence-corrected chi connectivity index (χ1v) is 7.41. The summed E-state index contributed by atoms with van der Waals surface area (Å²) in [6.07, 6.45) is 0.949. The van der Waals surface area contributed by atoms with Gasteiger partial charge < -0.3 is 9.73 Å². The molecule has 0 spiro atoms. The summed E-state index contributed by atoms with van der Waals surface area (Å²) in [6.45, 7) is 1.78. The molecule has 22 heavy (non-hydrogen) atoms. The Labute approximate surface area is 133 Å². The van der Waals surface area contributed by atoms with Gasteiger partial charge >= 0.3 is 0 Å². The number of fused-ring (bicyclic) bond motifs is 1. The molecule has 0 aliphatic heterocycles. The second-order valence-electron chi connectivity index (χ2n) is 5.03. The molecule has 0 aliphatic rings. The summed E-state index contributed by atoms with van der Waals surface area (Å²) in [7, 11) is 0. The summed E-state index contributed by atoms with van der Waals surface area (Å²) < 4.78 is 5.53. The molecule has 4 nitrogen and oxygen atoms in total. The summed E-state index contributed by atoms with van der Waals surface area (Å²) in [4.78, 5) is 16.4. The maximum atomic E-state index is 12.1. The molecule has 0 fully saturated rings. The number of carbonyl (C=O) groups excluding carboxylic acids is 1. The van der Waals surface area contributed by atoms with Crippen molar-refractivity contribution in [1.29, 1.82) is 0 Å².